The summed E-state index contributed by atoms with van der Waals surface area (Å²) in [6.45, 7) is -0.679. The first-order valence-corrected chi connectivity index (χ1v) is 4.32. The van der Waals surface area contributed by atoms with Crippen molar-refractivity contribution >= 4 is 17.9 Å². The number of anilines is 1. The Hall–Kier alpha value is -1.88. The van der Waals surface area contributed by atoms with E-state index in [1.807, 2.05) is 0 Å². The molecule has 0 atom stereocenters. The van der Waals surface area contributed by atoms with E-state index in [2.05, 4.69) is 5.32 Å². The highest BCUT2D eigenvalue weighted by Gasteiger charge is 2.00. The third-order valence-corrected chi connectivity index (χ3v) is 1.66. The molecule has 0 radical (unpaired) electrons. The highest BCUT2D eigenvalue weighted by Crippen LogP contribution is 2.14. The fourth-order valence-electron chi connectivity index (χ4n) is 0.925. The summed E-state index contributed by atoms with van der Waals surface area (Å²) in [5.74, 6) is 0.123. The molecule has 80 valence electrons. The lowest BCUT2D eigenvalue weighted by molar-refractivity contribution is -0.123. The second kappa shape index (κ2) is 5.77. The summed E-state index contributed by atoms with van der Waals surface area (Å²) >= 11 is 0. The molecule has 0 spiro atoms. The molecule has 1 amide bonds. The molecule has 0 unspecified atom stereocenters. The number of aliphatic hydroxyl groups is 1. The molecule has 5 heteroatoms. The summed E-state index contributed by atoms with van der Waals surface area (Å²) in [5, 5.41) is 10.9. The van der Waals surface area contributed by atoms with E-state index in [4.69, 9.17) is 9.84 Å². The predicted molar refractivity (Wildman–Crippen MR) is 53.7 cm³/mol. The number of hydrogen-bond donors (Lipinski definition) is 2. The number of hydrogen-bond acceptors (Lipinski definition) is 4. The van der Waals surface area contributed by atoms with Crippen LogP contribution in [0.3, 0.4) is 0 Å². The molecule has 0 aliphatic rings. The van der Waals surface area contributed by atoms with Crippen molar-refractivity contribution in [1.29, 1.82) is 0 Å². The van der Waals surface area contributed by atoms with Crippen LogP contribution in [0.1, 0.15) is 0 Å². The number of nitrogens with one attached hydrogen (secondary N) is 1. The number of carbonyl (C=O) groups excluding carboxylic acids is 2. The largest absolute Gasteiger partial charge is 0.486 e. The number of amides is 1. The minimum atomic E-state index is -0.523. The Kier molecular flexibility index (Phi) is 4.30. The van der Waals surface area contributed by atoms with Gasteiger partial charge in [-0.2, -0.15) is 0 Å². The van der Waals surface area contributed by atoms with Crippen molar-refractivity contribution in [1.82, 2.24) is 0 Å². The number of Topliss-reactive ketones (excluding diaryl/α,β-unsaturated/α-hetero) is 1. The quantitative estimate of drug-likeness (QED) is 0.656. The van der Waals surface area contributed by atoms with Crippen LogP contribution in [0, 0.1) is 0 Å². The lowest BCUT2D eigenvalue weighted by Crippen LogP contribution is -2.14. The van der Waals surface area contributed by atoms with Crippen LogP contribution in [-0.4, -0.2) is 30.5 Å². The highest BCUT2D eigenvalue weighted by atomic mass is 16.5. The van der Waals surface area contributed by atoms with Crippen LogP contribution in [0.5, 0.6) is 5.75 Å². The SMILES string of the molecule is O=CNc1ccc(OCC(=O)CO)cc1. The van der Waals surface area contributed by atoms with Gasteiger partial charge >= 0.3 is 0 Å². The Bertz CT molecular complexity index is 334. The van der Waals surface area contributed by atoms with Gasteiger partial charge in [-0.3, -0.25) is 9.59 Å². The Morgan fingerprint density at radius 2 is 2.07 bits per heavy atom. The minimum absolute atomic E-state index is 0.156. The molecule has 5 nitrogen and oxygen atoms in total. The molecule has 1 aromatic carbocycles. The average Bonchev–Trinajstić information content (AvgIpc) is 2.28. The summed E-state index contributed by atoms with van der Waals surface area (Å²) in [7, 11) is 0. The van der Waals surface area contributed by atoms with Crippen LogP contribution < -0.4 is 10.1 Å². The number of rotatable bonds is 6. The number of ether oxygens (including phenoxy) is 1. The number of benzene rings is 1. The first-order chi connectivity index (χ1) is 7.26. The fraction of sp³-hybridized carbons (Fsp3) is 0.200. The predicted octanol–water partition coefficient (Wildman–Crippen LogP) is 0.195. The van der Waals surface area contributed by atoms with Gasteiger partial charge in [0.1, 0.15) is 19.0 Å². The van der Waals surface area contributed by atoms with Gasteiger partial charge in [-0.05, 0) is 24.3 Å². The van der Waals surface area contributed by atoms with Gasteiger partial charge in [0.15, 0.2) is 5.78 Å². The maximum Gasteiger partial charge on any atom is 0.211 e. The molecular weight excluding hydrogens is 198 g/mol. The highest BCUT2D eigenvalue weighted by molar-refractivity contribution is 5.80. The van der Waals surface area contributed by atoms with Crippen LogP contribution in [0.4, 0.5) is 5.69 Å². The minimum Gasteiger partial charge on any atom is -0.486 e. The number of ketones is 1. The first-order valence-electron chi connectivity index (χ1n) is 4.32. The lowest BCUT2D eigenvalue weighted by Gasteiger charge is -2.04. The van der Waals surface area contributed by atoms with Gasteiger partial charge in [0.05, 0.1) is 0 Å². The summed E-state index contributed by atoms with van der Waals surface area (Å²) in [4.78, 5) is 20.8. The van der Waals surface area contributed by atoms with Crippen LogP contribution >= 0.6 is 0 Å². The molecule has 2 N–H and O–H groups in total. The van der Waals surface area contributed by atoms with Gasteiger partial charge in [-0.1, -0.05) is 0 Å². The third-order valence-electron chi connectivity index (χ3n) is 1.66. The topological polar surface area (TPSA) is 75.6 Å². The van der Waals surface area contributed by atoms with Gasteiger partial charge in [0, 0.05) is 5.69 Å². The summed E-state index contributed by atoms with van der Waals surface area (Å²) < 4.78 is 5.07. The molecule has 0 aliphatic carbocycles. The summed E-state index contributed by atoms with van der Waals surface area (Å²) in [6, 6.07) is 6.54. The normalized spacial score (nSPS) is 9.40. The van der Waals surface area contributed by atoms with Crippen LogP contribution in [0.2, 0.25) is 0 Å². The molecule has 0 aliphatic heterocycles. The van der Waals surface area contributed by atoms with Crippen LogP contribution in [-0.2, 0) is 9.59 Å². The van der Waals surface area contributed by atoms with E-state index in [-0.39, 0.29) is 12.4 Å². The van der Waals surface area contributed by atoms with E-state index >= 15 is 0 Å². The van der Waals surface area contributed by atoms with Gasteiger partial charge < -0.3 is 15.2 Å². The van der Waals surface area contributed by atoms with E-state index in [1.54, 1.807) is 24.3 Å². The molecule has 1 rings (SSSR count). The van der Waals surface area contributed by atoms with E-state index in [1.165, 1.54) is 0 Å². The molecule has 0 heterocycles. The fourth-order valence-corrected chi connectivity index (χ4v) is 0.925. The van der Waals surface area contributed by atoms with Gasteiger partial charge in [0.2, 0.25) is 6.41 Å². The van der Waals surface area contributed by atoms with E-state index < -0.39 is 6.61 Å². The zero-order valence-electron chi connectivity index (χ0n) is 7.97. The average molecular weight is 209 g/mol. The monoisotopic (exact) mass is 209 g/mol. The molecular formula is C10H11NO4. The Morgan fingerprint density at radius 1 is 1.40 bits per heavy atom. The second-order valence-corrected chi connectivity index (χ2v) is 2.77. The van der Waals surface area contributed by atoms with Crippen molar-refractivity contribution in [3.8, 4) is 5.75 Å². The standard InChI is InChI=1S/C10H11NO4/c12-5-9(14)6-15-10-3-1-8(2-4-10)11-7-13/h1-4,7,12H,5-6H2,(H,11,13). The Balaban J connectivity index is 2.49. The molecule has 0 fully saturated rings. The van der Waals surface area contributed by atoms with Crippen LogP contribution in [0.25, 0.3) is 0 Å². The molecule has 0 saturated heterocycles. The summed E-state index contributed by atoms with van der Waals surface area (Å²) in [5.41, 5.74) is 0.644. The number of carbonyl (C=O) groups is 2. The third kappa shape index (κ3) is 3.78. The molecule has 0 saturated carbocycles. The van der Waals surface area contributed by atoms with Gasteiger partial charge in [-0.15, -0.1) is 0 Å². The smallest absolute Gasteiger partial charge is 0.211 e. The molecule has 0 bridgehead atoms. The van der Waals surface area contributed by atoms with E-state index in [0.29, 0.717) is 17.8 Å². The second-order valence-electron chi connectivity index (χ2n) is 2.77. The zero-order chi connectivity index (χ0) is 11.1. The van der Waals surface area contributed by atoms with Crippen molar-refractivity contribution in [2.45, 2.75) is 0 Å². The number of aliphatic hydroxyl groups excluding tert-OH is 1. The first kappa shape index (κ1) is 11.2. The van der Waals surface area contributed by atoms with Crippen molar-refractivity contribution in [2.75, 3.05) is 18.5 Å². The maximum absolute atomic E-state index is 10.7. The molecule has 0 aromatic heterocycles. The van der Waals surface area contributed by atoms with Gasteiger partial charge in [0.25, 0.3) is 0 Å². The van der Waals surface area contributed by atoms with Crippen molar-refractivity contribution in [3.05, 3.63) is 24.3 Å². The van der Waals surface area contributed by atoms with E-state index in [9.17, 15) is 9.59 Å². The maximum atomic E-state index is 10.7. The molecule has 1 aromatic rings. The summed E-state index contributed by atoms with van der Waals surface area (Å²) in [6.07, 6.45) is 0.575. The van der Waals surface area contributed by atoms with Crippen LogP contribution in [0.15, 0.2) is 24.3 Å². The molecule has 15 heavy (non-hydrogen) atoms. The lowest BCUT2D eigenvalue weighted by atomic mass is 10.3. The zero-order valence-corrected chi connectivity index (χ0v) is 7.97. The van der Waals surface area contributed by atoms with E-state index in [0.717, 1.165) is 0 Å². The van der Waals surface area contributed by atoms with Crippen molar-refractivity contribution < 1.29 is 19.4 Å². The Labute approximate surface area is 86.7 Å². The van der Waals surface area contributed by atoms with Crippen molar-refractivity contribution in [3.63, 3.8) is 0 Å². The Morgan fingerprint density at radius 3 is 2.60 bits per heavy atom. The van der Waals surface area contributed by atoms with Crippen molar-refractivity contribution in [2.24, 2.45) is 0 Å². The van der Waals surface area contributed by atoms with Gasteiger partial charge in [-0.25, -0.2) is 0 Å².